The van der Waals surface area contributed by atoms with E-state index >= 15 is 0 Å². The van der Waals surface area contributed by atoms with Crippen molar-refractivity contribution in [1.29, 1.82) is 0 Å². The standard InChI is InChI=1S/C14H24N2O/c1-5-11(4)16(7-3)14-9-12(10-17)8-13(6-2)15-14/h8-9,11,17H,5-7,10H2,1-4H3. The number of aryl methyl sites for hydroxylation is 1. The average Bonchev–Trinajstić information content (AvgIpc) is 2.38. The number of anilines is 1. The monoisotopic (exact) mass is 236 g/mol. The lowest BCUT2D eigenvalue weighted by molar-refractivity contribution is 0.281. The van der Waals surface area contributed by atoms with Crippen molar-refractivity contribution in [2.75, 3.05) is 11.4 Å². The zero-order valence-corrected chi connectivity index (χ0v) is 11.4. The molecule has 1 aromatic rings. The quantitative estimate of drug-likeness (QED) is 0.825. The van der Waals surface area contributed by atoms with Crippen molar-refractivity contribution in [1.82, 2.24) is 4.98 Å². The van der Waals surface area contributed by atoms with Crippen LogP contribution in [0.5, 0.6) is 0 Å². The summed E-state index contributed by atoms with van der Waals surface area (Å²) >= 11 is 0. The minimum absolute atomic E-state index is 0.0839. The summed E-state index contributed by atoms with van der Waals surface area (Å²) in [7, 11) is 0. The van der Waals surface area contributed by atoms with E-state index in [-0.39, 0.29) is 6.61 Å². The Morgan fingerprint density at radius 1 is 1.29 bits per heavy atom. The van der Waals surface area contributed by atoms with Gasteiger partial charge < -0.3 is 10.0 Å². The van der Waals surface area contributed by atoms with Gasteiger partial charge in [0, 0.05) is 18.3 Å². The fourth-order valence-corrected chi connectivity index (χ4v) is 1.97. The largest absolute Gasteiger partial charge is 0.392 e. The van der Waals surface area contributed by atoms with Crippen LogP contribution in [0.2, 0.25) is 0 Å². The van der Waals surface area contributed by atoms with E-state index in [1.54, 1.807) is 0 Å². The minimum Gasteiger partial charge on any atom is -0.392 e. The van der Waals surface area contributed by atoms with Crippen LogP contribution in [-0.2, 0) is 13.0 Å². The first-order chi connectivity index (χ1) is 8.15. The molecule has 0 saturated heterocycles. The van der Waals surface area contributed by atoms with Crippen molar-refractivity contribution in [3.63, 3.8) is 0 Å². The van der Waals surface area contributed by atoms with Gasteiger partial charge in [0.1, 0.15) is 5.82 Å². The molecule has 0 fully saturated rings. The second kappa shape index (κ2) is 6.60. The number of hydrogen-bond donors (Lipinski definition) is 1. The molecule has 1 atom stereocenters. The van der Waals surface area contributed by atoms with Gasteiger partial charge in [0.2, 0.25) is 0 Å². The lowest BCUT2D eigenvalue weighted by Crippen LogP contribution is -2.33. The first kappa shape index (κ1) is 14.0. The van der Waals surface area contributed by atoms with Crippen molar-refractivity contribution in [3.05, 3.63) is 23.4 Å². The third-order valence-corrected chi connectivity index (χ3v) is 3.23. The van der Waals surface area contributed by atoms with Gasteiger partial charge in [-0.1, -0.05) is 13.8 Å². The predicted molar refractivity (Wildman–Crippen MR) is 72.3 cm³/mol. The van der Waals surface area contributed by atoms with E-state index in [9.17, 15) is 5.11 Å². The van der Waals surface area contributed by atoms with E-state index in [1.807, 2.05) is 12.1 Å². The highest BCUT2D eigenvalue weighted by Crippen LogP contribution is 2.19. The number of rotatable bonds is 6. The first-order valence-electron chi connectivity index (χ1n) is 6.53. The van der Waals surface area contributed by atoms with Gasteiger partial charge in [-0.25, -0.2) is 4.98 Å². The van der Waals surface area contributed by atoms with Crippen molar-refractivity contribution in [3.8, 4) is 0 Å². The molecular formula is C14H24N2O. The Labute approximate surface area is 104 Å². The fraction of sp³-hybridized carbons (Fsp3) is 0.643. The van der Waals surface area contributed by atoms with Gasteiger partial charge in [-0.05, 0) is 44.4 Å². The third kappa shape index (κ3) is 3.43. The summed E-state index contributed by atoms with van der Waals surface area (Å²) in [6.07, 6.45) is 2.00. The molecule has 0 aliphatic carbocycles. The van der Waals surface area contributed by atoms with E-state index in [1.165, 1.54) is 0 Å². The zero-order chi connectivity index (χ0) is 12.8. The number of aliphatic hydroxyl groups is 1. The first-order valence-corrected chi connectivity index (χ1v) is 6.53. The lowest BCUT2D eigenvalue weighted by Gasteiger charge is -2.29. The molecule has 1 rings (SSSR count). The molecule has 0 aliphatic rings. The smallest absolute Gasteiger partial charge is 0.129 e. The number of pyridine rings is 1. The van der Waals surface area contributed by atoms with Crippen molar-refractivity contribution in [2.45, 2.75) is 53.2 Å². The second-order valence-electron chi connectivity index (χ2n) is 4.38. The van der Waals surface area contributed by atoms with Gasteiger partial charge in [0.25, 0.3) is 0 Å². The molecule has 0 bridgehead atoms. The highest BCUT2D eigenvalue weighted by molar-refractivity contribution is 5.43. The van der Waals surface area contributed by atoms with Crippen molar-refractivity contribution in [2.24, 2.45) is 0 Å². The SMILES string of the molecule is CCc1cc(CO)cc(N(CC)C(C)CC)n1. The Bertz CT molecular complexity index is 330. The minimum atomic E-state index is 0.0839. The molecule has 1 aromatic heterocycles. The molecular weight excluding hydrogens is 212 g/mol. The Kier molecular flexibility index (Phi) is 5.42. The number of aromatic nitrogens is 1. The topological polar surface area (TPSA) is 36.4 Å². The molecule has 17 heavy (non-hydrogen) atoms. The van der Waals surface area contributed by atoms with E-state index in [0.717, 1.165) is 36.5 Å². The van der Waals surface area contributed by atoms with Gasteiger partial charge in [-0.3, -0.25) is 0 Å². The Morgan fingerprint density at radius 3 is 2.47 bits per heavy atom. The molecule has 0 aromatic carbocycles. The molecule has 0 saturated carbocycles. The van der Waals surface area contributed by atoms with Gasteiger partial charge >= 0.3 is 0 Å². The van der Waals surface area contributed by atoms with Crippen LogP contribution in [0.25, 0.3) is 0 Å². The summed E-state index contributed by atoms with van der Waals surface area (Å²) in [6, 6.07) is 4.45. The summed E-state index contributed by atoms with van der Waals surface area (Å²) in [5.74, 6) is 0.991. The number of nitrogens with zero attached hydrogens (tertiary/aromatic N) is 2. The van der Waals surface area contributed by atoms with Gasteiger partial charge in [0.05, 0.1) is 6.61 Å². The Hall–Kier alpha value is -1.09. The molecule has 0 radical (unpaired) electrons. The van der Waals surface area contributed by atoms with Gasteiger partial charge in [0.15, 0.2) is 0 Å². The summed E-state index contributed by atoms with van der Waals surface area (Å²) in [6.45, 7) is 9.66. The summed E-state index contributed by atoms with van der Waals surface area (Å²) in [5, 5.41) is 9.29. The van der Waals surface area contributed by atoms with E-state index in [2.05, 4.69) is 37.6 Å². The van der Waals surface area contributed by atoms with Crippen LogP contribution in [0.4, 0.5) is 5.82 Å². The molecule has 1 heterocycles. The maximum Gasteiger partial charge on any atom is 0.129 e. The van der Waals surface area contributed by atoms with Crippen LogP contribution in [0, 0.1) is 0 Å². The molecule has 0 amide bonds. The molecule has 96 valence electrons. The van der Waals surface area contributed by atoms with Gasteiger partial charge in [-0.2, -0.15) is 0 Å². The highest BCUT2D eigenvalue weighted by Gasteiger charge is 2.13. The Morgan fingerprint density at radius 2 is 2.00 bits per heavy atom. The summed E-state index contributed by atoms with van der Waals surface area (Å²) < 4.78 is 0. The van der Waals surface area contributed by atoms with E-state index in [4.69, 9.17) is 0 Å². The van der Waals surface area contributed by atoms with Crippen molar-refractivity contribution >= 4 is 5.82 Å². The average molecular weight is 236 g/mol. The van der Waals surface area contributed by atoms with Crippen LogP contribution in [0.3, 0.4) is 0 Å². The molecule has 1 N–H and O–H groups in total. The summed E-state index contributed by atoms with van der Waals surface area (Å²) in [4.78, 5) is 6.94. The van der Waals surface area contributed by atoms with Gasteiger partial charge in [-0.15, -0.1) is 0 Å². The normalized spacial score (nSPS) is 12.5. The molecule has 1 unspecified atom stereocenters. The van der Waals surface area contributed by atoms with E-state index < -0.39 is 0 Å². The van der Waals surface area contributed by atoms with Crippen molar-refractivity contribution < 1.29 is 5.11 Å². The van der Waals surface area contributed by atoms with Crippen LogP contribution < -0.4 is 4.90 Å². The maximum atomic E-state index is 9.29. The van der Waals surface area contributed by atoms with Crippen LogP contribution in [0.15, 0.2) is 12.1 Å². The zero-order valence-electron chi connectivity index (χ0n) is 11.4. The fourth-order valence-electron chi connectivity index (χ4n) is 1.97. The third-order valence-electron chi connectivity index (χ3n) is 3.23. The highest BCUT2D eigenvalue weighted by atomic mass is 16.3. The van der Waals surface area contributed by atoms with E-state index in [0.29, 0.717) is 6.04 Å². The second-order valence-corrected chi connectivity index (χ2v) is 4.38. The molecule has 3 nitrogen and oxygen atoms in total. The van der Waals surface area contributed by atoms with Crippen LogP contribution in [-0.4, -0.2) is 22.7 Å². The molecule has 0 spiro atoms. The summed E-state index contributed by atoms with van der Waals surface area (Å²) in [5.41, 5.74) is 2.00. The van der Waals surface area contributed by atoms with Crippen LogP contribution >= 0.6 is 0 Å². The number of aliphatic hydroxyl groups excluding tert-OH is 1. The predicted octanol–water partition coefficient (Wildman–Crippen LogP) is 2.76. The molecule has 0 aliphatic heterocycles. The van der Waals surface area contributed by atoms with Crippen LogP contribution in [0.1, 0.15) is 45.4 Å². The molecule has 3 heteroatoms. The maximum absolute atomic E-state index is 9.29. The lowest BCUT2D eigenvalue weighted by atomic mass is 10.1. The Balaban J connectivity index is 3.09. The number of hydrogen-bond acceptors (Lipinski definition) is 3.